The molecule has 2 aliphatic carbocycles. The Morgan fingerprint density at radius 1 is 1.11 bits per heavy atom. The average molecular weight is 414 g/mol. The van der Waals surface area contributed by atoms with Gasteiger partial charge in [0, 0.05) is 30.2 Å². The fraction of sp³-hybridized carbons (Fsp3) is 0.625. The maximum absolute atomic E-state index is 14.8. The molecule has 1 saturated carbocycles. The molecule has 0 aromatic heterocycles. The van der Waals surface area contributed by atoms with E-state index in [-0.39, 0.29) is 13.2 Å². The summed E-state index contributed by atoms with van der Waals surface area (Å²) in [6.45, 7) is -0.574. The zero-order valence-corrected chi connectivity index (χ0v) is 14.8. The second-order valence-corrected chi connectivity index (χ2v) is 8.91. The molecule has 0 N–H and O–H groups in total. The van der Waals surface area contributed by atoms with Crippen LogP contribution in [0.2, 0.25) is 0 Å². The molecule has 1 aromatic carbocycles. The molecule has 5 nitrogen and oxygen atoms in total. The fourth-order valence-electron chi connectivity index (χ4n) is 3.72. The Bertz CT molecular complexity index is 887. The first-order valence-corrected chi connectivity index (χ1v) is 10.00. The molecule has 1 heterocycles. The van der Waals surface area contributed by atoms with Crippen molar-refractivity contribution < 1.29 is 44.6 Å². The van der Waals surface area contributed by atoms with Gasteiger partial charge in [0.1, 0.15) is 11.9 Å². The van der Waals surface area contributed by atoms with Crippen molar-refractivity contribution in [2.24, 2.45) is 0 Å². The van der Waals surface area contributed by atoms with Crippen molar-refractivity contribution >= 4 is 9.84 Å². The number of benzene rings is 1. The van der Waals surface area contributed by atoms with Crippen LogP contribution >= 0.6 is 0 Å². The Balaban J connectivity index is 1.89. The van der Waals surface area contributed by atoms with Gasteiger partial charge in [0.05, 0.1) is 18.1 Å². The second-order valence-electron chi connectivity index (χ2n) is 6.93. The third kappa shape index (κ3) is 2.58. The quantitative estimate of drug-likeness (QED) is 0.712. The van der Waals surface area contributed by atoms with Gasteiger partial charge in [0.2, 0.25) is 0 Å². The largest absolute Gasteiger partial charge is 0.490 e. The summed E-state index contributed by atoms with van der Waals surface area (Å²) in [6, 6.07) is 1.98. The zero-order chi connectivity index (χ0) is 19.8. The van der Waals surface area contributed by atoms with Gasteiger partial charge < -0.3 is 14.2 Å². The van der Waals surface area contributed by atoms with E-state index in [2.05, 4.69) is 0 Å². The van der Waals surface area contributed by atoms with E-state index in [4.69, 9.17) is 14.2 Å². The van der Waals surface area contributed by atoms with E-state index in [9.17, 15) is 30.4 Å². The number of alkyl halides is 5. The zero-order valence-electron chi connectivity index (χ0n) is 14.0. The van der Waals surface area contributed by atoms with Crippen molar-refractivity contribution in [3.8, 4) is 5.75 Å². The van der Waals surface area contributed by atoms with Gasteiger partial charge in [-0.1, -0.05) is 0 Å². The molecule has 2 fully saturated rings. The third-order valence-electron chi connectivity index (χ3n) is 4.95. The van der Waals surface area contributed by atoms with E-state index in [0.717, 1.165) is 18.4 Å². The minimum absolute atomic E-state index is 0.287. The molecule has 3 aliphatic rings. The summed E-state index contributed by atoms with van der Waals surface area (Å²) in [5.41, 5.74) is -1.40. The van der Waals surface area contributed by atoms with E-state index in [0.29, 0.717) is 0 Å². The van der Waals surface area contributed by atoms with Crippen molar-refractivity contribution in [1.29, 1.82) is 0 Å². The molecule has 1 spiro atoms. The molecule has 150 valence electrons. The number of fused-ring (bicyclic) bond motifs is 2. The fourth-order valence-corrected chi connectivity index (χ4v) is 4.65. The first-order valence-electron chi connectivity index (χ1n) is 8.11. The van der Waals surface area contributed by atoms with Crippen LogP contribution in [-0.4, -0.2) is 45.8 Å². The maximum Gasteiger partial charge on any atom is 0.340 e. The van der Waals surface area contributed by atoms with Gasteiger partial charge in [-0.2, -0.15) is 8.78 Å². The van der Waals surface area contributed by atoms with E-state index in [1.54, 1.807) is 0 Å². The molecule has 11 heteroatoms. The lowest BCUT2D eigenvalue weighted by Gasteiger charge is -2.35. The van der Waals surface area contributed by atoms with Crippen molar-refractivity contribution in [1.82, 2.24) is 0 Å². The van der Waals surface area contributed by atoms with Crippen molar-refractivity contribution in [2.45, 2.75) is 47.6 Å². The summed E-state index contributed by atoms with van der Waals surface area (Å²) in [5, 5.41) is 0. The van der Waals surface area contributed by atoms with Crippen molar-refractivity contribution in [2.75, 3.05) is 19.5 Å². The molecule has 1 atom stereocenters. The smallest absolute Gasteiger partial charge is 0.340 e. The lowest BCUT2D eigenvalue weighted by atomic mass is 9.91. The molecular weight excluding hydrogens is 399 g/mol. The van der Waals surface area contributed by atoms with Crippen LogP contribution in [0, 0.1) is 0 Å². The summed E-state index contributed by atoms with van der Waals surface area (Å²) in [6.07, 6.45) is -4.47. The number of ether oxygens (including phenoxy) is 3. The Kier molecular flexibility index (Phi) is 3.88. The standard InChI is InChI=1S/C16H15F5O5S/c1-27(22,23)10-3-2-9(26-8-6-14(18,19)7-8)11-12(10)16(24-4-5-25-16)15(20,21)13(11)17/h2-3,8,13H,4-7H2,1H3/t13-/m1/s1. The predicted molar refractivity (Wildman–Crippen MR) is 80.5 cm³/mol. The topological polar surface area (TPSA) is 61.8 Å². The monoisotopic (exact) mass is 414 g/mol. The van der Waals surface area contributed by atoms with Gasteiger partial charge in [-0.05, 0) is 12.1 Å². The lowest BCUT2D eigenvalue weighted by molar-refractivity contribution is -0.308. The molecule has 4 rings (SSSR count). The van der Waals surface area contributed by atoms with Crippen molar-refractivity contribution in [3.63, 3.8) is 0 Å². The number of halogens is 5. The van der Waals surface area contributed by atoms with Crippen molar-refractivity contribution in [3.05, 3.63) is 23.3 Å². The molecule has 1 aliphatic heterocycles. The lowest BCUT2D eigenvalue weighted by Crippen LogP contribution is -2.44. The Hall–Kier alpha value is -1.46. The van der Waals surface area contributed by atoms with E-state index in [1.807, 2.05) is 0 Å². The maximum atomic E-state index is 14.8. The highest BCUT2D eigenvalue weighted by atomic mass is 32.2. The highest BCUT2D eigenvalue weighted by Gasteiger charge is 2.73. The summed E-state index contributed by atoms with van der Waals surface area (Å²) < 4.78 is 110. The molecule has 0 bridgehead atoms. The van der Waals surface area contributed by atoms with E-state index < -0.39 is 74.4 Å². The van der Waals surface area contributed by atoms with Crippen LogP contribution in [0.25, 0.3) is 0 Å². The van der Waals surface area contributed by atoms with Gasteiger partial charge >= 0.3 is 5.92 Å². The van der Waals surface area contributed by atoms with Gasteiger partial charge in [-0.25, -0.2) is 21.6 Å². The minimum atomic E-state index is -4.23. The number of sulfone groups is 1. The molecule has 1 aromatic rings. The predicted octanol–water partition coefficient (Wildman–Crippen LogP) is 3.13. The van der Waals surface area contributed by atoms with E-state index in [1.165, 1.54) is 0 Å². The SMILES string of the molecule is CS(=O)(=O)c1ccc(OC2CC(F)(F)C2)c2c1C1(OCCO1)C(F)(F)[C@@H]2F. The van der Waals surface area contributed by atoms with Crippen LogP contribution in [-0.2, 0) is 25.1 Å². The highest BCUT2D eigenvalue weighted by molar-refractivity contribution is 7.90. The molecule has 1 saturated heterocycles. The number of hydrogen-bond acceptors (Lipinski definition) is 5. The summed E-state index contributed by atoms with van der Waals surface area (Å²) in [5.74, 6) is -10.5. The van der Waals surface area contributed by atoms with Gasteiger partial charge in [0.25, 0.3) is 11.7 Å². The third-order valence-corrected chi connectivity index (χ3v) is 6.09. The van der Waals surface area contributed by atoms with Gasteiger partial charge in [0.15, 0.2) is 16.0 Å². The average Bonchev–Trinajstić information content (AvgIpc) is 3.06. The Morgan fingerprint density at radius 2 is 1.70 bits per heavy atom. The highest BCUT2D eigenvalue weighted by Crippen LogP contribution is 2.63. The van der Waals surface area contributed by atoms with E-state index >= 15 is 0 Å². The Morgan fingerprint density at radius 3 is 2.22 bits per heavy atom. The molecule has 0 amide bonds. The number of rotatable bonds is 3. The van der Waals surface area contributed by atoms with Crippen LogP contribution in [0.3, 0.4) is 0 Å². The van der Waals surface area contributed by atoms with Crippen LogP contribution in [0.4, 0.5) is 22.0 Å². The second kappa shape index (κ2) is 5.54. The first-order chi connectivity index (χ1) is 12.4. The molecule has 0 radical (unpaired) electrons. The van der Waals surface area contributed by atoms with Gasteiger partial charge in [-0.3, -0.25) is 0 Å². The summed E-state index contributed by atoms with van der Waals surface area (Å²) in [7, 11) is -4.06. The summed E-state index contributed by atoms with van der Waals surface area (Å²) >= 11 is 0. The molecular formula is C16H15F5O5S. The molecule has 0 unspecified atom stereocenters. The van der Waals surface area contributed by atoms with Crippen LogP contribution in [0.15, 0.2) is 17.0 Å². The number of hydrogen-bond donors (Lipinski definition) is 0. The normalized spacial score (nSPS) is 28.1. The van der Waals surface area contributed by atoms with Crippen LogP contribution < -0.4 is 4.74 Å². The van der Waals surface area contributed by atoms with Crippen LogP contribution in [0.1, 0.15) is 30.1 Å². The van der Waals surface area contributed by atoms with Crippen LogP contribution in [0.5, 0.6) is 5.75 Å². The first kappa shape index (κ1) is 18.9. The minimum Gasteiger partial charge on any atom is -0.490 e. The van der Waals surface area contributed by atoms with Gasteiger partial charge in [-0.15, -0.1) is 0 Å². The summed E-state index contributed by atoms with van der Waals surface area (Å²) in [4.78, 5) is -0.578. The molecule has 27 heavy (non-hydrogen) atoms. The Labute approximate surface area is 151 Å².